The minimum Gasteiger partial charge on any atom is -0.352 e. The molecule has 4 nitrogen and oxygen atoms in total. The molecule has 1 rings (SSSR count). The zero-order chi connectivity index (χ0) is 15.7. The zero-order valence-corrected chi connectivity index (χ0v) is 14.5. The molecule has 0 aliphatic carbocycles. The van der Waals surface area contributed by atoms with Crippen LogP contribution in [0, 0.1) is 0 Å². The Hall–Kier alpha value is -0.610. The van der Waals surface area contributed by atoms with Gasteiger partial charge in [-0.1, -0.05) is 26.7 Å². The quantitative estimate of drug-likeness (QED) is 0.687. The molecule has 21 heavy (non-hydrogen) atoms. The predicted octanol–water partition coefficient (Wildman–Crippen LogP) is 2.53. The number of hydrogen-bond acceptors (Lipinski definition) is 3. The molecule has 0 aromatic rings. The fourth-order valence-electron chi connectivity index (χ4n) is 3.13. The minimum atomic E-state index is -0.0343. The molecule has 0 radical (unpaired) electrons. The Balaban J connectivity index is 2.50. The fraction of sp³-hybridized carbons (Fsp3) is 0.941. The summed E-state index contributed by atoms with van der Waals surface area (Å²) in [5, 5.41) is 6.75. The molecule has 2 N–H and O–H groups in total. The van der Waals surface area contributed by atoms with Gasteiger partial charge in [0, 0.05) is 18.6 Å². The molecular formula is C17H35N3O. The summed E-state index contributed by atoms with van der Waals surface area (Å²) in [5.41, 5.74) is 0. The second-order valence-corrected chi connectivity index (χ2v) is 6.52. The van der Waals surface area contributed by atoms with Crippen molar-refractivity contribution in [1.29, 1.82) is 0 Å². The fourth-order valence-corrected chi connectivity index (χ4v) is 3.13. The maximum atomic E-state index is 12.4. The summed E-state index contributed by atoms with van der Waals surface area (Å²) in [6.07, 6.45) is 7.09. The summed E-state index contributed by atoms with van der Waals surface area (Å²) < 4.78 is 0. The third-order valence-electron chi connectivity index (χ3n) is 4.42. The van der Waals surface area contributed by atoms with E-state index in [0.717, 1.165) is 38.9 Å². The number of nitrogens with one attached hydrogen (secondary N) is 2. The second kappa shape index (κ2) is 10.2. The van der Waals surface area contributed by atoms with E-state index in [0.29, 0.717) is 6.04 Å². The lowest BCUT2D eigenvalue weighted by Gasteiger charge is -2.34. The molecule has 1 aliphatic heterocycles. The number of amides is 1. The average molecular weight is 297 g/mol. The molecule has 0 aromatic carbocycles. The number of carbonyl (C=O) groups is 1. The van der Waals surface area contributed by atoms with Gasteiger partial charge in [0.25, 0.3) is 0 Å². The van der Waals surface area contributed by atoms with Crippen molar-refractivity contribution in [1.82, 2.24) is 15.5 Å². The normalized spacial score (nSPS) is 22.0. The summed E-state index contributed by atoms with van der Waals surface area (Å²) in [6.45, 7) is 11.6. The van der Waals surface area contributed by atoms with Crippen LogP contribution in [0.2, 0.25) is 0 Å². The highest BCUT2D eigenvalue weighted by Gasteiger charge is 2.25. The van der Waals surface area contributed by atoms with Crippen molar-refractivity contribution in [3.05, 3.63) is 0 Å². The smallest absolute Gasteiger partial charge is 0.237 e. The van der Waals surface area contributed by atoms with Gasteiger partial charge in [-0.2, -0.15) is 0 Å². The van der Waals surface area contributed by atoms with Crippen LogP contribution in [0.15, 0.2) is 0 Å². The standard InChI is InChI=1S/C17H35N3O/c1-5-9-14(3)19-17(21)15(4)20(12-6-2)13-16-10-7-8-11-18-16/h14-16,18H,5-13H2,1-4H3,(H,19,21). The maximum Gasteiger partial charge on any atom is 0.237 e. The van der Waals surface area contributed by atoms with Crippen molar-refractivity contribution >= 4 is 5.91 Å². The molecule has 1 aliphatic rings. The van der Waals surface area contributed by atoms with E-state index in [4.69, 9.17) is 0 Å². The summed E-state index contributed by atoms with van der Waals surface area (Å²) in [4.78, 5) is 14.8. The van der Waals surface area contributed by atoms with Gasteiger partial charge >= 0.3 is 0 Å². The van der Waals surface area contributed by atoms with Gasteiger partial charge in [0.15, 0.2) is 0 Å². The van der Waals surface area contributed by atoms with Crippen LogP contribution < -0.4 is 10.6 Å². The lowest BCUT2D eigenvalue weighted by Crippen LogP contribution is -2.52. The first-order chi connectivity index (χ1) is 10.1. The van der Waals surface area contributed by atoms with Crippen LogP contribution in [0.5, 0.6) is 0 Å². The van der Waals surface area contributed by atoms with E-state index in [1.807, 2.05) is 6.92 Å². The van der Waals surface area contributed by atoms with E-state index in [9.17, 15) is 4.79 Å². The molecule has 3 atom stereocenters. The van der Waals surface area contributed by atoms with E-state index in [1.165, 1.54) is 19.3 Å². The van der Waals surface area contributed by atoms with Gasteiger partial charge in [0.2, 0.25) is 5.91 Å². The Kier molecular flexibility index (Phi) is 8.93. The van der Waals surface area contributed by atoms with Crippen LogP contribution >= 0.6 is 0 Å². The molecule has 0 spiro atoms. The van der Waals surface area contributed by atoms with Crippen LogP contribution in [0.3, 0.4) is 0 Å². The van der Waals surface area contributed by atoms with Gasteiger partial charge in [-0.25, -0.2) is 0 Å². The molecule has 1 fully saturated rings. The van der Waals surface area contributed by atoms with Gasteiger partial charge in [0.1, 0.15) is 0 Å². The van der Waals surface area contributed by atoms with E-state index in [1.54, 1.807) is 0 Å². The van der Waals surface area contributed by atoms with Crippen LogP contribution in [0.25, 0.3) is 0 Å². The molecule has 0 bridgehead atoms. The molecule has 124 valence electrons. The molecule has 0 aromatic heterocycles. The first-order valence-electron chi connectivity index (χ1n) is 8.86. The topological polar surface area (TPSA) is 44.4 Å². The molecule has 3 unspecified atom stereocenters. The first kappa shape index (κ1) is 18.4. The third kappa shape index (κ3) is 6.79. The largest absolute Gasteiger partial charge is 0.352 e. The number of rotatable bonds is 9. The van der Waals surface area contributed by atoms with Gasteiger partial charge in [-0.3, -0.25) is 9.69 Å². The van der Waals surface area contributed by atoms with Crippen molar-refractivity contribution in [3.8, 4) is 0 Å². The van der Waals surface area contributed by atoms with E-state index in [-0.39, 0.29) is 18.0 Å². The van der Waals surface area contributed by atoms with Crippen LogP contribution in [-0.2, 0) is 4.79 Å². The van der Waals surface area contributed by atoms with Crippen LogP contribution in [0.1, 0.15) is 66.2 Å². The van der Waals surface area contributed by atoms with Gasteiger partial charge in [-0.05, 0) is 52.6 Å². The predicted molar refractivity (Wildman–Crippen MR) is 89.5 cm³/mol. The highest BCUT2D eigenvalue weighted by atomic mass is 16.2. The third-order valence-corrected chi connectivity index (χ3v) is 4.42. The zero-order valence-electron chi connectivity index (χ0n) is 14.5. The summed E-state index contributed by atoms with van der Waals surface area (Å²) in [6, 6.07) is 0.794. The Morgan fingerprint density at radius 3 is 2.62 bits per heavy atom. The monoisotopic (exact) mass is 297 g/mol. The Labute approximate surface area is 131 Å². The van der Waals surface area contributed by atoms with Gasteiger partial charge in [0.05, 0.1) is 6.04 Å². The number of hydrogen-bond donors (Lipinski definition) is 2. The van der Waals surface area contributed by atoms with Crippen LogP contribution in [-0.4, -0.2) is 48.6 Å². The van der Waals surface area contributed by atoms with Crippen molar-refractivity contribution in [2.75, 3.05) is 19.6 Å². The van der Waals surface area contributed by atoms with E-state index < -0.39 is 0 Å². The summed E-state index contributed by atoms with van der Waals surface area (Å²) in [7, 11) is 0. The lowest BCUT2D eigenvalue weighted by atomic mass is 10.0. The lowest BCUT2D eigenvalue weighted by molar-refractivity contribution is -0.126. The molecule has 4 heteroatoms. The average Bonchev–Trinajstić information content (AvgIpc) is 2.47. The summed E-state index contributed by atoms with van der Waals surface area (Å²) in [5.74, 6) is 0.181. The molecular weight excluding hydrogens is 262 g/mol. The Morgan fingerprint density at radius 1 is 1.29 bits per heavy atom. The molecule has 1 amide bonds. The van der Waals surface area contributed by atoms with Gasteiger partial charge in [-0.15, -0.1) is 0 Å². The maximum absolute atomic E-state index is 12.4. The number of nitrogens with zero attached hydrogens (tertiary/aromatic N) is 1. The van der Waals surface area contributed by atoms with Crippen molar-refractivity contribution in [2.45, 2.75) is 84.3 Å². The molecule has 1 heterocycles. The second-order valence-electron chi connectivity index (χ2n) is 6.52. The van der Waals surface area contributed by atoms with Crippen molar-refractivity contribution in [3.63, 3.8) is 0 Å². The number of piperidine rings is 1. The van der Waals surface area contributed by atoms with E-state index in [2.05, 4.69) is 36.3 Å². The van der Waals surface area contributed by atoms with Crippen molar-refractivity contribution in [2.24, 2.45) is 0 Å². The van der Waals surface area contributed by atoms with Gasteiger partial charge < -0.3 is 10.6 Å². The molecule has 0 saturated carbocycles. The highest BCUT2D eigenvalue weighted by molar-refractivity contribution is 5.81. The first-order valence-corrected chi connectivity index (χ1v) is 8.86. The minimum absolute atomic E-state index is 0.0343. The SMILES string of the molecule is CCCC(C)NC(=O)C(C)N(CCC)CC1CCCCN1. The Morgan fingerprint density at radius 2 is 2.05 bits per heavy atom. The highest BCUT2D eigenvalue weighted by Crippen LogP contribution is 2.11. The van der Waals surface area contributed by atoms with Crippen molar-refractivity contribution < 1.29 is 4.79 Å². The van der Waals surface area contributed by atoms with Crippen LogP contribution in [0.4, 0.5) is 0 Å². The van der Waals surface area contributed by atoms with E-state index >= 15 is 0 Å². The summed E-state index contributed by atoms with van der Waals surface area (Å²) >= 11 is 0. The number of carbonyl (C=O) groups excluding carboxylic acids is 1. The molecule has 1 saturated heterocycles. The Bertz CT molecular complexity index is 290.